The van der Waals surface area contributed by atoms with Gasteiger partial charge in [-0.05, 0) is 48.0 Å². The molecule has 3 rings (SSSR count). The van der Waals surface area contributed by atoms with Gasteiger partial charge < -0.3 is 4.57 Å². The van der Waals surface area contributed by atoms with E-state index in [0.29, 0.717) is 0 Å². The normalized spacial score (nSPS) is 16.5. The van der Waals surface area contributed by atoms with Crippen LogP contribution in [0.2, 0.25) is 0 Å². The molecule has 0 amide bonds. The van der Waals surface area contributed by atoms with Crippen molar-refractivity contribution >= 4 is 26.8 Å². The minimum absolute atomic E-state index is 1.04. The van der Waals surface area contributed by atoms with E-state index in [2.05, 4.69) is 58.4 Å². The lowest BCUT2D eigenvalue weighted by Crippen LogP contribution is -2.30. The highest BCUT2D eigenvalue weighted by Gasteiger charge is 2.21. The van der Waals surface area contributed by atoms with E-state index in [1.807, 2.05) is 0 Å². The highest BCUT2D eigenvalue weighted by molar-refractivity contribution is 9.10. The second-order valence-electron chi connectivity index (χ2n) is 5.05. The minimum Gasteiger partial charge on any atom is -0.341 e. The summed E-state index contributed by atoms with van der Waals surface area (Å²) in [6.07, 6.45) is 0. The molecule has 0 fully saturated rings. The van der Waals surface area contributed by atoms with Gasteiger partial charge >= 0.3 is 0 Å². The van der Waals surface area contributed by atoms with Gasteiger partial charge in [0.05, 0.1) is 5.52 Å². The fourth-order valence-electron chi connectivity index (χ4n) is 2.74. The van der Waals surface area contributed by atoms with Gasteiger partial charge in [0, 0.05) is 35.2 Å². The summed E-state index contributed by atoms with van der Waals surface area (Å²) in [6.45, 7) is 7.69. The number of benzene rings is 1. The van der Waals surface area contributed by atoms with Crippen molar-refractivity contribution in [3.05, 3.63) is 33.4 Å². The third kappa shape index (κ3) is 1.56. The Morgan fingerprint density at radius 2 is 1.94 bits per heavy atom. The second-order valence-corrected chi connectivity index (χ2v) is 5.85. The summed E-state index contributed by atoms with van der Waals surface area (Å²) in [5.74, 6) is 0. The molecule has 3 heteroatoms. The van der Waals surface area contributed by atoms with E-state index in [9.17, 15) is 0 Å². The third-order valence-electron chi connectivity index (χ3n) is 3.91. The van der Waals surface area contributed by atoms with Gasteiger partial charge in [-0.3, -0.25) is 4.90 Å². The molecule has 2 nitrogen and oxygen atoms in total. The largest absolute Gasteiger partial charge is 0.341 e. The fourth-order valence-corrected chi connectivity index (χ4v) is 3.40. The third-order valence-corrected chi connectivity index (χ3v) is 4.80. The Morgan fingerprint density at radius 1 is 1.18 bits per heavy atom. The van der Waals surface area contributed by atoms with Crippen molar-refractivity contribution in [3.63, 3.8) is 0 Å². The van der Waals surface area contributed by atoms with Gasteiger partial charge in [0.25, 0.3) is 0 Å². The maximum Gasteiger partial charge on any atom is 0.0527 e. The summed E-state index contributed by atoms with van der Waals surface area (Å²) in [4.78, 5) is 2.38. The van der Waals surface area contributed by atoms with Crippen LogP contribution < -0.4 is 0 Å². The summed E-state index contributed by atoms with van der Waals surface area (Å²) < 4.78 is 3.77. The van der Waals surface area contributed by atoms with Crippen LogP contribution in [0.4, 0.5) is 0 Å². The Hall–Kier alpha value is -0.800. The van der Waals surface area contributed by atoms with Gasteiger partial charge in [-0.2, -0.15) is 0 Å². The van der Waals surface area contributed by atoms with Crippen LogP contribution in [0.15, 0.2) is 16.6 Å². The van der Waals surface area contributed by atoms with E-state index < -0.39 is 0 Å². The molecule has 0 saturated carbocycles. The molecular weight excluding hydrogens is 276 g/mol. The van der Waals surface area contributed by atoms with Gasteiger partial charge in [-0.1, -0.05) is 12.1 Å². The predicted molar refractivity (Wildman–Crippen MR) is 75.4 cm³/mol. The first kappa shape index (κ1) is 11.3. The molecule has 2 aromatic rings. The van der Waals surface area contributed by atoms with Crippen LogP contribution in [0.1, 0.15) is 16.8 Å². The Labute approximate surface area is 110 Å². The van der Waals surface area contributed by atoms with Crippen molar-refractivity contribution in [2.24, 2.45) is 0 Å². The highest BCUT2D eigenvalue weighted by Crippen LogP contribution is 2.35. The van der Waals surface area contributed by atoms with Crippen LogP contribution in [0, 0.1) is 13.8 Å². The van der Waals surface area contributed by atoms with E-state index >= 15 is 0 Å². The molecule has 0 N–H and O–H groups in total. The molecule has 1 aromatic carbocycles. The van der Waals surface area contributed by atoms with Gasteiger partial charge in [-0.25, -0.2) is 0 Å². The Balaban J connectivity index is 2.38. The summed E-state index contributed by atoms with van der Waals surface area (Å²) in [5, 5.41) is 1.36. The summed E-state index contributed by atoms with van der Waals surface area (Å²) in [6, 6.07) is 4.46. The maximum absolute atomic E-state index is 3.78. The summed E-state index contributed by atoms with van der Waals surface area (Å²) in [5.41, 5.74) is 5.63. The van der Waals surface area contributed by atoms with E-state index in [0.717, 1.165) is 19.6 Å². The van der Waals surface area contributed by atoms with Crippen molar-refractivity contribution in [2.75, 3.05) is 13.6 Å². The van der Waals surface area contributed by atoms with Crippen LogP contribution >= 0.6 is 15.9 Å². The monoisotopic (exact) mass is 292 g/mol. The quantitative estimate of drug-likeness (QED) is 0.722. The number of rotatable bonds is 0. The van der Waals surface area contributed by atoms with Crippen LogP contribution in [-0.4, -0.2) is 23.1 Å². The molecule has 1 aliphatic rings. The Bertz CT molecular complexity index is 598. The zero-order chi connectivity index (χ0) is 12.2. The molecule has 1 aliphatic heterocycles. The highest BCUT2D eigenvalue weighted by atomic mass is 79.9. The first-order valence-electron chi connectivity index (χ1n) is 6.05. The SMILES string of the molecule is Cc1ccc2c(Br)c3n(c2c1C)CCN(C)C3. The number of fused-ring (bicyclic) bond motifs is 3. The summed E-state index contributed by atoms with van der Waals surface area (Å²) in [7, 11) is 2.19. The van der Waals surface area contributed by atoms with Crippen molar-refractivity contribution in [2.45, 2.75) is 26.9 Å². The molecule has 0 atom stereocenters. The van der Waals surface area contributed by atoms with Gasteiger partial charge in [-0.15, -0.1) is 0 Å². The van der Waals surface area contributed by atoms with Crippen molar-refractivity contribution in [1.82, 2.24) is 9.47 Å². The number of halogens is 1. The van der Waals surface area contributed by atoms with Gasteiger partial charge in [0.1, 0.15) is 0 Å². The molecule has 1 aromatic heterocycles. The fraction of sp³-hybridized carbons (Fsp3) is 0.429. The second kappa shape index (κ2) is 3.85. The van der Waals surface area contributed by atoms with E-state index in [4.69, 9.17) is 0 Å². The first-order valence-corrected chi connectivity index (χ1v) is 6.84. The molecule has 0 radical (unpaired) electrons. The van der Waals surface area contributed by atoms with E-state index in [1.54, 1.807) is 0 Å². The lowest BCUT2D eigenvalue weighted by molar-refractivity contribution is 0.272. The average molecular weight is 293 g/mol. The molecule has 17 heavy (non-hydrogen) atoms. The lowest BCUT2D eigenvalue weighted by Gasteiger charge is -2.25. The standard InChI is InChI=1S/C14H17BrN2/c1-9-4-5-11-13(15)12-8-16(3)6-7-17(12)14(11)10(9)2/h4-5H,6-8H2,1-3H3. The van der Waals surface area contributed by atoms with Crippen molar-refractivity contribution in [1.29, 1.82) is 0 Å². The molecular formula is C14H17BrN2. The van der Waals surface area contributed by atoms with Crippen molar-refractivity contribution < 1.29 is 0 Å². The smallest absolute Gasteiger partial charge is 0.0527 e. The lowest BCUT2D eigenvalue weighted by atomic mass is 10.1. The van der Waals surface area contributed by atoms with Crippen LogP contribution in [0.25, 0.3) is 10.9 Å². The average Bonchev–Trinajstić information content (AvgIpc) is 2.58. The zero-order valence-corrected chi connectivity index (χ0v) is 12.1. The topological polar surface area (TPSA) is 8.17 Å². The predicted octanol–water partition coefficient (Wildman–Crippen LogP) is 3.47. The molecule has 2 heterocycles. The Morgan fingerprint density at radius 3 is 2.71 bits per heavy atom. The van der Waals surface area contributed by atoms with Gasteiger partial charge in [0.15, 0.2) is 0 Å². The van der Waals surface area contributed by atoms with Gasteiger partial charge in [0.2, 0.25) is 0 Å². The minimum atomic E-state index is 1.04. The number of aromatic nitrogens is 1. The number of likely N-dealkylation sites (N-methyl/N-ethyl adjacent to an activating group) is 1. The van der Waals surface area contributed by atoms with E-state index in [1.165, 1.54) is 32.2 Å². The van der Waals surface area contributed by atoms with E-state index in [-0.39, 0.29) is 0 Å². The first-order chi connectivity index (χ1) is 8.09. The number of hydrogen-bond acceptors (Lipinski definition) is 1. The number of aryl methyl sites for hydroxylation is 2. The maximum atomic E-state index is 3.78. The summed E-state index contributed by atoms with van der Waals surface area (Å²) >= 11 is 3.78. The van der Waals surface area contributed by atoms with Crippen LogP contribution in [0.3, 0.4) is 0 Å². The molecule has 0 aliphatic carbocycles. The van der Waals surface area contributed by atoms with Crippen LogP contribution in [-0.2, 0) is 13.1 Å². The molecule has 90 valence electrons. The molecule has 0 saturated heterocycles. The van der Waals surface area contributed by atoms with Crippen LogP contribution in [0.5, 0.6) is 0 Å². The number of hydrogen-bond donors (Lipinski definition) is 0. The van der Waals surface area contributed by atoms with Crippen molar-refractivity contribution in [3.8, 4) is 0 Å². The molecule has 0 unspecified atom stereocenters. The number of nitrogens with zero attached hydrogens (tertiary/aromatic N) is 2. The Kier molecular flexibility index (Phi) is 2.56. The molecule has 0 bridgehead atoms. The zero-order valence-electron chi connectivity index (χ0n) is 10.5. The molecule has 0 spiro atoms.